The lowest BCUT2D eigenvalue weighted by Gasteiger charge is -2.40. The number of nitrogens with one attached hydrogen (secondary N) is 1. The van der Waals surface area contributed by atoms with E-state index in [0.717, 1.165) is 17.0 Å². The second-order valence-corrected chi connectivity index (χ2v) is 10.4. The molecule has 0 aliphatic carbocycles. The maximum Gasteiger partial charge on any atom is 0.266 e. The maximum atomic E-state index is 13.4. The first kappa shape index (κ1) is 21.9. The number of ether oxygens (including phenoxy) is 1. The first-order valence-corrected chi connectivity index (χ1v) is 11.8. The minimum atomic E-state index is -3.95. The number of hydroxylamine groups is 1. The SMILES string of the molecule is Cn1cnc(-c2ccc(C3CCN(S(=O)(=O)C4(C(=O)NO)CCOCC4)CC3)nc2)c1. The number of imidazole rings is 1. The molecule has 2 N–H and O–H groups in total. The number of hydrogen-bond acceptors (Lipinski definition) is 7. The fourth-order valence-electron chi connectivity index (χ4n) is 4.40. The molecule has 4 rings (SSSR count). The molecule has 0 atom stereocenters. The highest BCUT2D eigenvalue weighted by atomic mass is 32.2. The highest BCUT2D eigenvalue weighted by molar-refractivity contribution is 7.91. The van der Waals surface area contributed by atoms with Gasteiger partial charge in [0.2, 0.25) is 10.0 Å². The molecule has 10 nitrogen and oxygen atoms in total. The van der Waals surface area contributed by atoms with Crippen molar-refractivity contribution in [1.29, 1.82) is 0 Å². The number of aromatic nitrogens is 3. The molecule has 31 heavy (non-hydrogen) atoms. The van der Waals surface area contributed by atoms with Crippen molar-refractivity contribution in [3.8, 4) is 11.3 Å². The van der Waals surface area contributed by atoms with E-state index in [1.807, 2.05) is 29.9 Å². The second-order valence-electron chi connectivity index (χ2n) is 8.12. The number of piperidine rings is 1. The number of rotatable bonds is 5. The number of hydrogen-bond donors (Lipinski definition) is 2. The summed E-state index contributed by atoms with van der Waals surface area (Å²) in [6, 6.07) is 3.95. The van der Waals surface area contributed by atoms with Gasteiger partial charge in [-0.2, -0.15) is 0 Å². The summed E-state index contributed by atoms with van der Waals surface area (Å²) in [7, 11) is -2.04. The van der Waals surface area contributed by atoms with E-state index >= 15 is 0 Å². The minimum absolute atomic E-state index is 0.0260. The molecule has 0 spiro atoms. The van der Waals surface area contributed by atoms with Crippen LogP contribution < -0.4 is 5.48 Å². The molecule has 1 amide bonds. The lowest BCUT2D eigenvalue weighted by atomic mass is 9.94. The molecule has 2 aliphatic rings. The zero-order valence-corrected chi connectivity index (χ0v) is 18.2. The number of carbonyl (C=O) groups is 1. The zero-order chi connectivity index (χ0) is 22.1. The van der Waals surface area contributed by atoms with Crippen molar-refractivity contribution in [2.24, 2.45) is 7.05 Å². The van der Waals surface area contributed by atoms with Gasteiger partial charge in [0.1, 0.15) is 0 Å². The van der Waals surface area contributed by atoms with Gasteiger partial charge in [-0.25, -0.2) is 23.2 Å². The number of sulfonamides is 1. The van der Waals surface area contributed by atoms with Gasteiger partial charge in [-0.1, -0.05) is 0 Å². The molecule has 0 radical (unpaired) electrons. The number of amides is 1. The second kappa shape index (κ2) is 8.65. The monoisotopic (exact) mass is 449 g/mol. The lowest BCUT2D eigenvalue weighted by Crippen LogP contribution is -2.60. The van der Waals surface area contributed by atoms with Crippen molar-refractivity contribution in [2.75, 3.05) is 26.3 Å². The third kappa shape index (κ3) is 3.98. The fourth-order valence-corrected chi connectivity index (χ4v) is 6.55. The van der Waals surface area contributed by atoms with Crippen LogP contribution in [0.1, 0.15) is 37.3 Å². The van der Waals surface area contributed by atoms with Crippen LogP contribution in [0, 0.1) is 0 Å². The van der Waals surface area contributed by atoms with Crippen molar-refractivity contribution >= 4 is 15.9 Å². The summed E-state index contributed by atoms with van der Waals surface area (Å²) in [4.78, 5) is 21.3. The minimum Gasteiger partial charge on any atom is -0.381 e. The third-order valence-corrected chi connectivity index (χ3v) is 8.93. The Bertz CT molecular complexity index is 1020. The van der Waals surface area contributed by atoms with E-state index in [4.69, 9.17) is 4.74 Å². The Balaban J connectivity index is 1.46. The van der Waals surface area contributed by atoms with E-state index in [1.54, 1.807) is 18.0 Å². The summed E-state index contributed by atoms with van der Waals surface area (Å²) in [6.07, 6.45) is 6.74. The Morgan fingerprint density at radius 2 is 1.94 bits per heavy atom. The molecule has 0 bridgehead atoms. The maximum absolute atomic E-state index is 13.4. The molecule has 0 saturated carbocycles. The topological polar surface area (TPSA) is 127 Å². The molecule has 4 heterocycles. The molecular formula is C20H27N5O5S. The van der Waals surface area contributed by atoms with Gasteiger partial charge in [0.25, 0.3) is 5.91 Å². The van der Waals surface area contributed by atoms with Crippen LogP contribution in [0.5, 0.6) is 0 Å². The van der Waals surface area contributed by atoms with Crippen molar-refractivity contribution in [1.82, 2.24) is 24.3 Å². The quantitative estimate of drug-likeness (QED) is 0.516. The molecule has 2 saturated heterocycles. The number of carbonyl (C=O) groups excluding carboxylic acids is 1. The summed E-state index contributed by atoms with van der Waals surface area (Å²) >= 11 is 0. The average molecular weight is 450 g/mol. The first-order valence-electron chi connectivity index (χ1n) is 10.3. The first-order chi connectivity index (χ1) is 14.9. The van der Waals surface area contributed by atoms with E-state index in [0.29, 0.717) is 25.9 Å². The Hall–Kier alpha value is -2.34. The summed E-state index contributed by atoms with van der Waals surface area (Å²) < 4.78 is 33.6. The van der Waals surface area contributed by atoms with Crippen molar-refractivity contribution in [3.05, 3.63) is 36.5 Å². The molecule has 0 unspecified atom stereocenters. The van der Waals surface area contributed by atoms with E-state index < -0.39 is 20.7 Å². The largest absolute Gasteiger partial charge is 0.381 e. The Labute approximate surface area is 181 Å². The van der Waals surface area contributed by atoms with Gasteiger partial charge < -0.3 is 9.30 Å². The predicted molar refractivity (Wildman–Crippen MR) is 112 cm³/mol. The van der Waals surface area contributed by atoms with Gasteiger partial charge >= 0.3 is 0 Å². The van der Waals surface area contributed by atoms with Crippen molar-refractivity contribution in [3.63, 3.8) is 0 Å². The number of pyridine rings is 1. The van der Waals surface area contributed by atoms with E-state index in [2.05, 4.69) is 9.97 Å². The predicted octanol–water partition coefficient (Wildman–Crippen LogP) is 1.05. The third-order valence-electron chi connectivity index (χ3n) is 6.31. The van der Waals surface area contributed by atoms with Gasteiger partial charge in [-0.3, -0.25) is 15.0 Å². The fraction of sp³-hybridized carbons (Fsp3) is 0.550. The van der Waals surface area contributed by atoms with Crippen LogP contribution in [0.2, 0.25) is 0 Å². The van der Waals surface area contributed by atoms with Crippen LogP contribution in [0.25, 0.3) is 11.3 Å². The van der Waals surface area contributed by atoms with E-state index in [-0.39, 0.29) is 32.0 Å². The normalized spacial score (nSPS) is 20.5. The van der Waals surface area contributed by atoms with Crippen LogP contribution in [-0.2, 0) is 26.6 Å². The molecule has 2 aromatic heterocycles. The van der Waals surface area contributed by atoms with Crippen LogP contribution in [0.15, 0.2) is 30.9 Å². The summed E-state index contributed by atoms with van der Waals surface area (Å²) in [5.74, 6) is -0.744. The molecule has 2 aliphatic heterocycles. The van der Waals surface area contributed by atoms with Gasteiger partial charge in [-0.15, -0.1) is 0 Å². The molecule has 2 fully saturated rings. The van der Waals surface area contributed by atoms with Gasteiger partial charge in [0.15, 0.2) is 4.75 Å². The van der Waals surface area contributed by atoms with Crippen LogP contribution in [0.3, 0.4) is 0 Å². The Kier molecular flexibility index (Phi) is 6.11. The number of aryl methyl sites for hydroxylation is 1. The summed E-state index contributed by atoms with van der Waals surface area (Å²) in [6.45, 7) is 0.932. The van der Waals surface area contributed by atoms with E-state index in [9.17, 15) is 18.4 Å². The van der Waals surface area contributed by atoms with Gasteiger partial charge in [0.05, 0.1) is 12.0 Å². The molecule has 11 heteroatoms. The standard InChI is InChI=1S/C20H27N5O5S/c1-24-13-18(22-14-24)16-2-3-17(21-12-16)15-4-8-25(9-5-15)31(28,29)20(19(26)23-27)6-10-30-11-7-20/h2-3,12-15,27H,4-11H2,1H3,(H,23,26). The van der Waals surface area contributed by atoms with Crippen molar-refractivity contribution < 1.29 is 23.2 Å². The molecule has 168 valence electrons. The van der Waals surface area contributed by atoms with Crippen LogP contribution in [0.4, 0.5) is 0 Å². The lowest BCUT2D eigenvalue weighted by molar-refractivity contribution is -0.134. The highest BCUT2D eigenvalue weighted by Crippen LogP contribution is 2.36. The number of nitrogens with zero attached hydrogens (tertiary/aromatic N) is 4. The molecular weight excluding hydrogens is 422 g/mol. The van der Waals surface area contributed by atoms with Gasteiger partial charge in [0, 0.05) is 75.8 Å². The molecule has 2 aromatic rings. The average Bonchev–Trinajstić information content (AvgIpc) is 3.25. The van der Waals surface area contributed by atoms with Crippen molar-refractivity contribution in [2.45, 2.75) is 36.3 Å². The zero-order valence-electron chi connectivity index (χ0n) is 17.4. The Morgan fingerprint density at radius 3 is 2.48 bits per heavy atom. The van der Waals surface area contributed by atoms with E-state index in [1.165, 1.54) is 4.31 Å². The van der Waals surface area contributed by atoms with Crippen LogP contribution in [-0.4, -0.2) is 69.4 Å². The summed E-state index contributed by atoms with van der Waals surface area (Å²) in [5, 5.41) is 9.17. The highest BCUT2D eigenvalue weighted by Gasteiger charge is 2.54. The van der Waals surface area contributed by atoms with Crippen LogP contribution >= 0.6 is 0 Å². The smallest absolute Gasteiger partial charge is 0.266 e. The Morgan fingerprint density at radius 1 is 1.23 bits per heavy atom. The summed E-state index contributed by atoms with van der Waals surface area (Å²) in [5.41, 5.74) is 4.26. The van der Waals surface area contributed by atoms with Gasteiger partial charge in [-0.05, 0) is 25.0 Å². The molecule has 0 aromatic carbocycles.